The van der Waals surface area contributed by atoms with Crippen molar-refractivity contribution in [1.82, 2.24) is 15.2 Å². The minimum Gasteiger partial charge on any atom is -0.342 e. The van der Waals surface area contributed by atoms with E-state index in [-0.39, 0.29) is 5.91 Å². The highest BCUT2D eigenvalue weighted by atomic mass is 32.1. The molecular weight excluding hydrogens is 342 g/mol. The molecule has 1 aromatic heterocycles. The van der Waals surface area contributed by atoms with Gasteiger partial charge in [-0.1, -0.05) is 31.2 Å². The van der Waals surface area contributed by atoms with Crippen molar-refractivity contribution in [1.29, 1.82) is 0 Å². The molecule has 0 radical (unpaired) electrons. The van der Waals surface area contributed by atoms with Crippen LogP contribution in [0.5, 0.6) is 0 Å². The maximum Gasteiger partial charge on any atom is 0.228 e. The standard InChI is InChI=1S/C21H27N3OS/c1-2-16-3-5-17(6-4-16)20-23-18(14-26-20)13-19(25)24-11-8-21(9-12-24)7-10-22-15-21/h3-6,14,22H,2,7-13,15H2,1H3. The van der Waals surface area contributed by atoms with Gasteiger partial charge in [0.05, 0.1) is 12.1 Å². The summed E-state index contributed by atoms with van der Waals surface area (Å²) in [5, 5.41) is 6.52. The molecule has 3 heterocycles. The Kier molecular flexibility index (Phi) is 5.09. The minimum atomic E-state index is 0.226. The summed E-state index contributed by atoms with van der Waals surface area (Å²) in [7, 11) is 0. The van der Waals surface area contributed by atoms with Gasteiger partial charge in [0, 0.05) is 30.6 Å². The van der Waals surface area contributed by atoms with E-state index in [1.165, 1.54) is 12.0 Å². The number of benzene rings is 1. The second-order valence-electron chi connectivity index (χ2n) is 7.68. The average Bonchev–Trinajstić information content (AvgIpc) is 3.32. The number of hydrogen-bond acceptors (Lipinski definition) is 4. The first-order valence-electron chi connectivity index (χ1n) is 9.70. The molecule has 138 valence electrons. The van der Waals surface area contributed by atoms with Crippen molar-refractivity contribution < 1.29 is 4.79 Å². The normalized spacial score (nSPS) is 19.2. The zero-order chi connectivity index (χ0) is 18.0. The van der Waals surface area contributed by atoms with E-state index in [2.05, 4.69) is 36.5 Å². The molecule has 1 spiro atoms. The van der Waals surface area contributed by atoms with Crippen LogP contribution in [0, 0.1) is 5.41 Å². The zero-order valence-corrected chi connectivity index (χ0v) is 16.3. The summed E-state index contributed by atoms with van der Waals surface area (Å²) >= 11 is 1.63. The summed E-state index contributed by atoms with van der Waals surface area (Å²) in [5.41, 5.74) is 3.83. The fourth-order valence-electron chi connectivity index (χ4n) is 4.12. The molecular formula is C21H27N3OS. The number of carbonyl (C=O) groups is 1. The van der Waals surface area contributed by atoms with Crippen molar-refractivity contribution in [3.05, 3.63) is 40.9 Å². The molecule has 1 aromatic carbocycles. The summed E-state index contributed by atoms with van der Waals surface area (Å²) in [5.74, 6) is 0.226. The van der Waals surface area contributed by atoms with E-state index in [0.29, 0.717) is 11.8 Å². The molecule has 1 N–H and O–H groups in total. The number of nitrogens with zero attached hydrogens (tertiary/aromatic N) is 2. The Morgan fingerprint density at radius 3 is 2.65 bits per heavy atom. The van der Waals surface area contributed by atoms with Crippen LogP contribution in [0.25, 0.3) is 10.6 Å². The summed E-state index contributed by atoms with van der Waals surface area (Å²) in [6.07, 6.45) is 5.01. The molecule has 26 heavy (non-hydrogen) atoms. The highest BCUT2D eigenvalue weighted by Gasteiger charge is 2.37. The van der Waals surface area contributed by atoms with E-state index >= 15 is 0 Å². The van der Waals surface area contributed by atoms with Gasteiger partial charge in [0.2, 0.25) is 5.91 Å². The number of thiazole rings is 1. The van der Waals surface area contributed by atoms with Gasteiger partial charge in [-0.05, 0) is 43.2 Å². The maximum atomic E-state index is 12.7. The molecule has 0 saturated carbocycles. The van der Waals surface area contributed by atoms with E-state index in [1.54, 1.807) is 11.3 Å². The van der Waals surface area contributed by atoms with Crippen molar-refractivity contribution >= 4 is 17.2 Å². The number of hydrogen-bond donors (Lipinski definition) is 1. The van der Waals surface area contributed by atoms with E-state index in [9.17, 15) is 4.79 Å². The van der Waals surface area contributed by atoms with Crippen LogP contribution in [0.1, 0.15) is 37.4 Å². The molecule has 0 unspecified atom stereocenters. The highest BCUT2D eigenvalue weighted by Crippen LogP contribution is 2.37. The summed E-state index contributed by atoms with van der Waals surface area (Å²) < 4.78 is 0. The molecule has 2 aromatic rings. The lowest BCUT2D eigenvalue weighted by atomic mass is 9.78. The zero-order valence-electron chi connectivity index (χ0n) is 15.5. The minimum absolute atomic E-state index is 0.226. The van der Waals surface area contributed by atoms with Gasteiger partial charge in [-0.25, -0.2) is 4.98 Å². The van der Waals surface area contributed by atoms with Gasteiger partial charge in [-0.15, -0.1) is 11.3 Å². The Hall–Kier alpha value is -1.72. The average molecular weight is 370 g/mol. The third-order valence-corrected chi connectivity index (χ3v) is 6.94. The number of likely N-dealkylation sites (tertiary alicyclic amines) is 1. The first-order chi connectivity index (χ1) is 12.7. The number of rotatable bonds is 4. The van der Waals surface area contributed by atoms with E-state index in [4.69, 9.17) is 4.98 Å². The Balaban J connectivity index is 1.35. The predicted octanol–water partition coefficient (Wildman–Crippen LogP) is 3.52. The summed E-state index contributed by atoms with van der Waals surface area (Å²) in [6.45, 7) is 6.22. The van der Waals surface area contributed by atoms with Gasteiger partial charge in [0.25, 0.3) is 0 Å². The first-order valence-corrected chi connectivity index (χ1v) is 10.6. The molecule has 0 atom stereocenters. The van der Waals surface area contributed by atoms with Crippen molar-refractivity contribution in [3.63, 3.8) is 0 Å². The lowest BCUT2D eigenvalue weighted by Gasteiger charge is -2.38. The highest BCUT2D eigenvalue weighted by molar-refractivity contribution is 7.13. The van der Waals surface area contributed by atoms with Crippen molar-refractivity contribution in [3.8, 4) is 10.6 Å². The van der Waals surface area contributed by atoms with Gasteiger partial charge in [0.1, 0.15) is 5.01 Å². The molecule has 5 heteroatoms. The van der Waals surface area contributed by atoms with E-state index in [0.717, 1.165) is 61.7 Å². The number of piperidine rings is 1. The quantitative estimate of drug-likeness (QED) is 0.897. The third-order valence-electron chi connectivity index (χ3n) is 6.00. The third kappa shape index (κ3) is 3.69. The molecule has 2 aliphatic heterocycles. The second-order valence-corrected chi connectivity index (χ2v) is 8.54. The molecule has 1 amide bonds. The van der Waals surface area contributed by atoms with Crippen LogP contribution in [0.4, 0.5) is 0 Å². The lowest BCUT2D eigenvalue weighted by molar-refractivity contribution is -0.132. The largest absolute Gasteiger partial charge is 0.342 e. The Morgan fingerprint density at radius 1 is 1.23 bits per heavy atom. The van der Waals surface area contributed by atoms with Gasteiger partial charge < -0.3 is 10.2 Å². The Labute approximate surface area is 159 Å². The van der Waals surface area contributed by atoms with E-state index in [1.807, 2.05) is 10.3 Å². The number of nitrogens with one attached hydrogen (secondary N) is 1. The molecule has 4 nitrogen and oxygen atoms in total. The van der Waals surface area contributed by atoms with Crippen LogP contribution in [-0.4, -0.2) is 42.0 Å². The molecule has 2 saturated heterocycles. The Bertz CT molecular complexity index is 752. The van der Waals surface area contributed by atoms with Gasteiger partial charge in [-0.3, -0.25) is 4.79 Å². The summed E-state index contributed by atoms with van der Waals surface area (Å²) in [4.78, 5) is 19.4. The van der Waals surface area contributed by atoms with Crippen molar-refractivity contribution in [2.75, 3.05) is 26.2 Å². The van der Waals surface area contributed by atoms with Crippen LogP contribution in [-0.2, 0) is 17.6 Å². The van der Waals surface area contributed by atoms with Crippen LogP contribution in [0.2, 0.25) is 0 Å². The molecule has 2 fully saturated rings. The lowest BCUT2D eigenvalue weighted by Crippen LogP contribution is -2.44. The predicted molar refractivity (Wildman–Crippen MR) is 106 cm³/mol. The van der Waals surface area contributed by atoms with Gasteiger partial charge >= 0.3 is 0 Å². The number of carbonyl (C=O) groups excluding carboxylic acids is 1. The molecule has 4 rings (SSSR count). The van der Waals surface area contributed by atoms with Gasteiger partial charge in [0.15, 0.2) is 0 Å². The van der Waals surface area contributed by atoms with Crippen molar-refractivity contribution in [2.45, 2.75) is 39.0 Å². The number of aryl methyl sites for hydroxylation is 1. The van der Waals surface area contributed by atoms with Crippen LogP contribution in [0.3, 0.4) is 0 Å². The molecule has 0 bridgehead atoms. The van der Waals surface area contributed by atoms with Crippen molar-refractivity contribution in [2.24, 2.45) is 5.41 Å². The van der Waals surface area contributed by atoms with Crippen LogP contribution >= 0.6 is 11.3 Å². The number of aromatic nitrogens is 1. The van der Waals surface area contributed by atoms with Crippen LogP contribution < -0.4 is 5.32 Å². The smallest absolute Gasteiger partial charge is 0.228 e. The van der Waals surface area contributed by atoms with Gasteiger partial charge in [-0.2, -0.15) is 0 Å². The fourth-order valence-corrected chi connectivity index (χ4v) is 4.95. The van der Waals surface area contributed by atoms with Crippen LogP contribution in [0.15, 0.2) is 29.6 Å². The molecule has 2 aliphatic rings. The number of amides is 1. The second kappa shape index (κ2) is 7.49. The SMILES string of the molecule is CCc1ccc(-c2nc(CC(=O)N3CCC4(CCNC4)CC3)cs2)cc1. The first kappa shape index (κ1) is 17.7. The van der Waals surface area contributed by atoms with E-state index < -0.39 is 0 Å². The summed E-state index contributed by atoms with van der Waals surface area (Å²) in [6, 6.07) is 8.57. The maximum absolute atomic E-state index is 12.7. The fraction of sp³-hybridized carbons (Fsp3) is 0.524. The Morgan fingerprint density at radius 2 is 2.00 bits per heavy atom. The monoisotopic (exact) mass is 369 g/mol. The topological polar surface area (TPSA) is 45.2 Å². The molecule has 0 aliphatic carbocycles.